The summed E-state index contributed by atoms with van der Waals surface area (Å²) in [6.07, 6.45) is -4.35. The van der Waals surface area contributed by atoms with Crippen LogP contribution in [0.1, 0.15) is 107 Å². The van der Waals surface area contributed by atoms with E-state index >= 15 is 8.78 Å². The van der Waals surface area contributed by atoms with Gasteiger partial charge in [-0.05, 0) is 110 Å². The van der Waals surface area contributed by atoms with E-state index < -0.39 is 107 Å². The number of Topliss-reactive ketones (excluding diaryl/α,β-unsaturated/α-hetero) is 1. The van der Waals surface area contributed by atoms with Crippen LogP contribution < -0.4 is 5.32 Å². The van der Waals surface area contributed by atoms with Gasteiger partial charge in [0.25, 0.3) is 0 Å². The lowest BCUT2D eigenvalue weighted by Gasteiger charge is -2.33. The highest BCUT2D eigenvalue weighted by Crippen LogP contribution is 2.38. The van der Waals surface area contributed by atoms with E-state index in [1.807, 2.05) is 0 Å². The summed E-state index contributed by atoms with van der Waals surface area (Å²) in [5, 5.41) is 3.33. The molecule has 2 fully saturated rings. The zero-order valence-corrected chi connectivity index (χ0v) is 44.3. The second-order valence-corrected chi connectivity index (χ2v) is 22.0. The maximum absolute atomic E-state index is 15.7. The van der Waals surface area contributed by atoms with Gasteiger partial charge in [-0.3, -0.25) is 24.1 Å². The summed E-state index contributed by atoms with van der Waals surface area (Å²) < 4.78 is 74.0. The van der Waals surface area contributed by atoms with Crippen molar-refractivity contribution in [3.63, 3.8) is 0 Å². The molecule has 0 aliphatic carbocycles. The monoisotopic (exact) mass is 1020 g/mol. The number of hydrogen-bond donors (Lipinski definition) is 2. The molecule has 16 nitrogen and oxygen atoms in total. The average Bonchev–Trinajstić information content (AvgIpc) is 4.06. The van der Waals surface area contributed by atoms with Gasteiger partial charge in [-0.15, -0.1) is 0 Å². The predicted octanol–water partition coefficient (Wildman–Crippen LogP) is 8.52. The fourth-order valence-electron chi connectivity index (χ4n) is 9.58. The van der Waals surface area contributed by atoms with Crippen molar-refractivity contribution in [1.82, 2.24) is 39.5 Å². The third-order valence-corrected chi connectivity index (χ3v) is 13.8. The summed E-state index contributed by atoms with van der Waals surface area (Å²) in [4.78, 5) is 95.2. The third-order valence-electron chi connectivity index (χ3n) is 13.8. The molecular formula is C53H72F4N8O8. The van der Waals surface area contributed by atoms with Gasteiger partial charge in [-0.2, -0.15) is 0 Å². The maximum Gasteiger partial charge on any atom is 0.410 e. The van der Waals surface area contributed by atoms with E-state index in [4.69, 9.17) is 14.5 Å². The largest absolute Gasteiger partial charge is 0.444 e. The summed E-state index contributed by atoms with van der Waals surface area (Å²) >= 11 is 0. The highest BCUT2D eigenvalue weighted by Gasteiger charge is 2.43. The number of aromatic nitrogens is 3. The molecule has 8 atom stereocenters. The number of imidazole rings is 1. The van der Waals surface area contributed by atoms with Crippen molar-refractivity contribution in [3.05, 3.63) is 53.6 Å². The number of fused-ring (bicyclic) bond motifs is 2. The van der Waals surface area contributed by atoms with Gasteiger partial charge in [0.1, 0.15) is 47.3 Å². The third kappa shape index (κ3) is 12.9. The number of nitrogens with one attached hydrogen (secondary N) is 2. The molecule has 20 heteroatoms. The molecule has 0 saturated carbocycles. The van der Waals surface area contributed by atoms with E-state index in [0.717, 1.165) is 4.90 Å². The molecule has 0 spiro atoms. The van der Waals surface area contributed by atoms with E-state index in [1.165, 1.54) is 66.1 Å². The van der Waals surface area contributed by atoms with Crippen molar-refractivity contribution in [2.24, 2.45) is 11.8 Å². The van der Waals surface area contributed by atoms with Gasteiger partial charge in [-0.1, -0.05) is 20.8 Å². The minimum atomic E-state index is -1.45. The van der Waals surface area contributed by atoms with Crippen LogP contribution in [-0.4, -0.2) is 151 Å². The number of ether oxygens (including phenoxy) is 2. The Morgan fingerprint density at radius 3 is 1.92 bits per heavy atom. The molecule has 6 rings (SSSR count). The van der Waals surface area contributed by atoms with Crippen LogP contribution in [0, 0.1) is 23.5 Å². The molecule has 400 valence electrons. The van der Waals surface area contributed by atoms with E-state index in [2.05, 4.69) is 10.3 Å². The van der Waals surface area contributed by atoms with Gasteiger partial charge in [0.15, 0.2) is 11.6 Å². The fraction of sp³-hybridized carbons (Fsp3) is 0.604. The second-order valence-electron chi connectivity index (χ2n) is 22.0. The van der Waals surface area contributed by atoms with Crippen LogP contribution in [0.3, 0.4) is 0 Å². The zero-order chi connectivity index (χ0) is 54.2. The molecule has 2 aliphatic heterocycles. The number of ketones is 1. The molecule has 2 aliphatic rings. The number of benzene rings is 2. The van der Waals surface area contributed by atoms with Crippen LogP contribution in [0.25, 0.3) is 33.5 Å². The fourth-order valence-corrected chi connectivity index (χ4v) is 9.58. The van der Waals surface area contributed by atoms with E-state index in [1.54, 1.807) is 79.9 Å². The topological polar surface area (TPSA) is 179 Å². The molecule has 2 N–H and O–H groups in total. The maximum atomic E-state index is 15.7. The second kappa shape index (κ2) is 22.1. The molecule has 2 aromatic heterocycles. The molecule has 73 heavy (non-hydrogen) atoms. The lowest BCUT2D eigenvalue weighted by atomic mass is 9.93. The van der Waals surface area contributed by atoms with Crippen LogP contribution in [0.4, 0.5) is 27.2 Å². The Hall–Kier alpha value is -6.21. The van der Waals surface area contributed by atoms with Crippen molar-refractivity contribution in [2.75, 3.05) is 27.2 Å². The first-order valence-electron chi connectivity index (χ1n) is 25.1. The van der Waals surface area contributed by atoms with Crippen LogP contribution in [-0.2, 0) is 41.6 Å². The van der Waals surface area contributed by atoms with Crippen molar-refractivity contribution in [1.29, 1.82) is 0 Å². The van der Waals surface area contributed by atoms with Gasteiger partial charge >= 0.3 is 12.2 Å². The number of halogens is 4. The minimum Gasteiger partial charge on any atom is -0.444 e. The molecule has 0 radical (unpaired) electrons. The average molecular weight is 1030 g/mol. The molecule has 4 aromatic rings. The number of amides is 5. The Bertz CT molecular complexity index is 2710. The minimum absolute atomic E-state index is 0.0464. The standard InChI is InChI=1S/C53H72F4N8O8/c1-14-31(19-43(66)29(4)61(12)50(70)72-52(6,7)8)48(68)63-25-34(56)20-36(63)24-39-38-17-15-32(54)22-40(38)58-45(39)46-59-41-23-33(55)16-18-42(41)65(46)27-37-21-35(57)26-64(37)49(69)44(28(2)3)60-47(67)30(5)62(13)51(71)73-53(9,10)11/h15-18,22-23,28-31,34-37,44,58H,14,19-21,24-27H2,1-13H3,(H,60,67)/t29-,30-,31+,34-,35-,36-,37-,44-/m0/s1. The number of rotatable bonds is 16. The number of nitrogens with zero attached hydrogens (tertiary/aromatic N) is 6. The Morgan fingerprint density at radius 1 is 0.795 bits per heavy atom. The van der Waals surface area contributed by atoms with Crippen molar-refractivity contribution in [2.45, 2.75) is 169 Å². The summed E-state index contributed by atoms with van der Waals surface area (Å²) in [5.41, 5.74) is 0.264. The van der Waals surface area contributed by atoms with E-state index in [9.17, 15) is 37.5 Å². The van der Waals surface area contributed by atoms with Gasteiger partial charge in [0.2, 0.25) is 17.7 Å². The van der Waals surface area contributed by atoms with Crippen LogP contribution in [0.5, 0.6) is 0 Å². The highest BCUT2D eigenvalue weighted by molar-refractivity contribution is 5.94. The van der Waals surface area contributed by atoms with E-state index in [-0.39, 0.29) is 68.9 Å². The van der Waals surface area contributed by atoms with Crippen molar-refractivity contribution < 1.29 is 55.8 Å². The number of carbonyl (C=O) groups is 6. The molecule has 4 heterocycles. The molecule has 2 aromatic carbocycles. The summed E-state index contributed by atoms with van der Waals surface area (Å²) in [5.74, 6) is -4.22. The number of alkyl halides is 2. The van der Waals surface area contributed by atoms with Gasteiger partial charge in [-0.25, -0.2) is 32.1 Å². The Kier molecular flexibility index (Phi) is 17.0. The van der Waals surface area contributed by atoms with Crippen molar-refractivity contribution in [3.8, 4) is 11.5 Å². The lowest BCUT2D eigenvalue weighted by Crippen LogP contribution is -2.57. The van der Waals surface area contributed by atoms with Crippen LogP contribution in [0.15, 0.2) is 36.4 Å². The number of likely N-dealkylation sites (N-methyl/N-ethyl adjacent to an activating group) is 2. The summed E-state index contributed by atoms with van der Waals surface area (Å²) in [6.45, 7) is 17.9. The Balaban J connectivity index is 1.32. The first-order valence-corrected chi connectivity index (χ1v) is 25.1. The van der Waals surface area contributed by atoms with Gasteiger partial charge in [0.05, 0.1) is 41.9 Å². The molecule has 2 saturated heterocycles. The normalized spacial score (nSPS) is 20.0. The predicted molar refractivity (Wildman–Crippen MR) is 268 cm³/mol. The zero-order valence-electron chi connectivity index (χ0n) is 44.3. The number of aromatic amines is 1. The lowest BCUT2D eigenvalue weighted by molar-refractivity contribution is -0.139. The summed E-state index contributed by atoms with van der Waals surface area (Å²) in [7, 11) is 2.86. The Morgan fingerprint density at radius 2 is 1.34 bits per heavy atom. The SMILES string of the molecule is CC[C@H](CC(=O)[C@H](C)N(C)C(=O)OC(C)(C)C)C(=O)N1C[C@@H](F)C[C@H]1Cc1c(-c2nc3cc(F)ccc3n2C[C@@H]2C[C@H](F)CN2C(=O)[C@@H](NC(=O)[C@H](C)N(C)C(=O)OC(C)(C)C)C(C)C)[nH]c2cc(F)ccc12. The first kappa shape index (κ1) is 56.1. The van der Waals surface area contributed by atoms with Crippen LogP contribution in [0.2, 0.25) is 0 Å². The number of likely N-dealkylation sites (tertiary alicyclic amines) is 2. The molecule has 5 amide bonds. The number of carbonyl (C=O) groups excluding carboxylic acids is 6. The quantitative estimate of drug-likeness (QED) is 0.104. The number of hydrogen-bond acceptors (Lipinski definition) is 9. The first-order chi connectivity index (χ1) is 34.0. The highest BCUT2D eigenvalue weighted by atomic mass is 19.1. The molecule has 0 unspecified atom stereocenters. The molecular weight excluding hydrogens is 953 g/mol. The smallest absolute Gasteiger partial charge is 0.410 e. The van der Waals surface area contributed by atoms with Gasteiger partial charge < -0.3 is 39.0 Å². The summed E-state index contributed by atoms with van der Waals surface area (Å²) in [6, 6.07) is 3.48. The van der Waals surface area contributed by atoms with E-state index in [0.29, 0.717) is 27.7 Å². The Labute approximate surface area is 424 Å². The van der Waals surface area contributed by atoms with Crippen molar-refractivity contribution >= 4 is 57.6 Å². The molecule has 0 bridgehead atoms. The van der Waals surface area contributed by atoms with Gasteiger partial charge in [0, 0.05) is 68.8 Å². The number of H-pyrrole nitrogens is 1. The van der Waals surface area contributed by atoms with Crippen LogP contribution >= 0.6 is 0 Å².